The second kappa shape index (κ2) is 12.2. The maximum atomic E-state index is 12.1. The molecule has 1 aliphatic carbocycles. The van der Waals surface area contributed by atoms with Crippen molar-refractivity contribution in [3.05, 3.63) is 11.5 Å². The zero-order chi connectivity index (χ0) is 26.6. The predicted molar refractivity (Wildman–Crippen MR) is 130 cm³/mol. The lowest BCUT2D eigenvalue weighted by atomic mass is 10.2. The van der Waals surface area contributed by atoms with Crippen LogP contribution in [0.2, 0.25) is 5.28 Å². The third-order valence-electron chi connectivity index (χ3n) is 5.90. The Bertz CT molecular complexity index is 1130. The molecule has 2 fully saturated rings. The fourth-order valence-corrected chi connectivity index (χ4v) is 5.00. The average Bonchev–Trinajstić information content (AvgIpc) is 3.53. The van der Waals surface area contributed by atoms with Crippen molar-refractivity contribution in [2.45, 2.75) is 76.5 Å². The van der Waals surface area contributed by atoms with Gasteiger partial charge in [0.05, 0.1) is 30.4 Å². The van der Waals surface area contributed by atoms with Crippen LogP contribution in [0.3, 0.4) is 0 Å². The van der Waals surface area contributed by atoms with E-state index >= 15 is 0 Å². The molecule has 14 nitrogen and oxygen atoms in total. The van der Waals surface area contributed by atoms with Crippen LogP contribution in [0.25, 0.3) is 11.0 Å². The molecule has 2 aromatic heterocycles. The highest BCUT2D eigenvalue weighted by Gasteiger charge is 2.37. The van der Waals surface area contributed by atoms with Gasteiger partial charge in [-0.25, -0.2) is 9.48 Å². The molecule has 2 aromatic rings. The fraction of sp³-hybridized carbons (Fsp3) is 0.714. The molecule has 0 spiro atoms. The fourth-order valence-electron chi connectivity index (χ4n) is 4.20. The van der Waals surface area contributed by atoms with Gasteiger partial charge in [0, 0.05) is 12.5 Å². The molecule has 0 radical (unpaired) electrons. The number of aromatic nitrogens is 4. The summed E-state index contributed by atoms with van der Waals surface area (Å²) in [5.41, 5.74) is 0.462. The van der Waals surface area contributed by atoms with Gasteiger partial charge in [-0.2, -0.15) is 15.1 Å². The van der Waals surface area contributed by atoms with E-state index in [9.17, 15) is 19.4 Å². The molecule has 1 saturated heterocycles. The van der Waals surface area contributed by atoms with Gasteiger partial charge >= 0.3 is 13.8 Å². The van der Waals surface area contributed by atoms with Crippen LogP contribution < -0.4 is 5.32 Å². The van der Waals surface area contributed by atoms with Gasteiger partial charge in [-0.1, -0.05) is 12.8 Å². The minimum Gasteiger partial charge on any atom is -0.432 e. The van der Waals surface area contributed by atoms with E-state index in [1.165, 1.54) is 4.68 Å². The summed E-state index contributed by atoms with van der Waals surface area (Å²) in [6, 6.07) is 0.315. The first-order chi connectivity index (χ1) is 17.6. The Hall–Kier alpha value is -2.06. The highest BCUT2D eigenvalue weighted by molar-refractivity contribution is 7.52. The largest absolute Gasteiger partial charge is 0.510 e. The van der Waals surface area contributed by atoms with Crippen LogP contribution >= 0.6 is 19.2 Å². The summed E-state index contributed by atoms with van der Waals surface area (Å²) in [6.07, 6.45) is 1.74. The van der Waals surface area contributed by atoms with Gasteiger partial charge in [0.1, 0.15) is 18.3 Å². The highest BCUT2D eigenvalue weighted by atomic mass is 35.5. The number of carbonyl (C=O) groups excluding carboxylic acids is 1. The van der Waals surface area contributed by atoms with Gasteiger partial charge in [-0.3, -0.25) is 9.09 Å². The third kappa shape index (κ3) is 7.50. The summed E-state index contributed by atoms with van der Waals surface area (Å²) in [5, 5.41) is 19.0. The van der Waals surface area contributed by atoms with Crippen molar-refractivity contribution in [1.82, 2.24) is 19.7 Å². The van der Waals surface area contributed by atoms with Crippen LogP contribution in [0, 0.1) is 0 Å². The molecule has 0 aromatic carbocycles. The average molecular weight is 564 g/mol. The van der Waals surface area contributed by atoms with Crippen molar-refractivity contribution in [1.29, 1.82) is 0 Å². The highest BCUT2D eigenvalue weighted by Crippen LogP contribution is 2.42. The molecule has 0 amide bonds. The number of rotatable bonds is 11. The number of ether oxygens (including phenoxy) is 4. The van der Waals surface area contributed by atoms with E-state index in [-0.39, 0.29) is 18.3 Å². The van der Waals surface area contributed by atoms with Crippen LogP contribution in [0.5, 0.6) is 0 Å². The maximum absolute atomic E-state index is 12.1. The number of anilines is 1. The van der Waals surface area contributed by atoms with E-state index in [1.807, 2.05) is 0 Å². The number of hydrogen-bond donors (Lipinski definition) is 3. The first-order valence-electron chi connectivity index (χ1n) is 12.0. The number of fused-ring (bicyclic) bond motifs is 1. The Kier molecular flexibility index (Phi) is 9.22. The van der Waals surface area contributed by atoms with E-state index in [2.05, 4.69) is 29.6 Å². The lowest BCUT2D eigenvalue weighted by molar-refractivity contribution is -0.0612. The monoisotopic (exact) mass is 563 g/mol. The van der Waals surface area contributed by atoms with Crippen molar-refractivity contribution >= 4 is 42.2 Å². The first kappa shape index (κ1) is 28.0. The summed E-state index contributed by atoms with van der Waals surface area (Å²) in [6.45, 7) is 2.29. The van der Waals surface area contributed by atoms with Crippen molar-refractivity contribution in [2.75, 3.05) is 25.1 Å². The summed E-state index contributed by atoms with van der Waals surface area (Å²) in [5.74, 6) is 0.603. The van der Waals surface area contributed by atoms with Crippen LogP contribution in [0.15, 0.2) is 6.20 Å². The van der Waals surface area contributed by atoms with Crippen LogP contribution in [-0.2, 0) is 28.0 Å². The lowest BCUT2D eigenvalue weighted by Gasteiger charge is -2.17. The zero-order valence-corrected chi connectivity index (χ0v) is 22.1. The van der Waals surface area contributed by atoms with E-state index in [4.69, 9.17) is 25.8 Å². The zero-order valence-electron chi connectivity index (χ0n) is 20.5. The van der Waals surface area contributed by atoms with Gasteiger partial charge in [-0.15, -0.1) is 0 Å². The van der Waals surface area contributed by atoms with Gasteiger partial charge < -0.3 is 34.3 Å². The standard InChI is InChI=1S/C21H31ClN5O9P/c1-12(2)35-21(29)33-10-34-37(30,31)11-32-9-16-15(28)7-17(36-16)27-19-14(8-23-27)18(25-20(22)26-19)24-13-5-3-4-6-13/h8,12-13,15-17,28H,3-7,9-11H2,1-2H3,(H,30,31)(H,24,25,26)/t15-,16+,17+/m0/s1. The SMILES string of the molecule is CC(C)OC(=O)OCOP(=O)(O)COC[C@H]1O[C@@H](n2ncc3c(NC4CCCC4)nc(Cl)nc32)C[C@@H]1O. The normalized spacial score (nSPS) is 24.0. The van der Waals surface area contributed by atoms with Crippen molar-refractivity contribution < 1.29 is 42.8 Å². The van der Waals surface area contributed by atoms with Crippen LogP contribution in [0.4, 0.5) is 10.6 Å². The molecule has 0 bridgehead atoms. The van der Waals surface area contributed by atoms with Crippen molar-refractivity contribution in [3.63, 3.8) is 0 Å². The van der Waals surface area contributed by atoms with E-state index < -0.39 is 51.4 Å². The molecule has 1 aliphatic heterocycles. The Morgan fingerprint density at radius 2 is 2.11 bits per heavy atom. The summed E-state index contributed by atoms with van der Waals surface area (Å²) in [7, 11) is -4.23. The molecule has 1 saturated carbocycles. The summed E-state index contributed by atoms with van der Waals surface area (Å²) in [4.78, 5) is 29.8. The van der Waals surface area contributed by atoms with E-state index in [1.54, 1.807) is 20.0 Å². The Balaban J connectivity index is 1.30. The van der Waals surface area contributed by atoms with Crippen LogP contribution in [-0.4, -0.2) is 80.0 Å². The van der Waals surface area contributed by atoms with Crippen LogP contribution in [0.1, 0.15) is 52.2 Å². The number of carbonyl (C=O) groups is 1. The molecule has 37 heavy (non-hydrogen) atoms. The minimum atomic E-state index is -4.23. The molecular weight excluding hydrogens is 533 g/mol. The molecule has 16 heteroatoms. The smallest absolute Gasteiger partial charge is 0.432 e. The second-order valence-electron chi connectivity index (χ2n) is 9.17. The topological polar surface area (TPSA) is 176 Å². The second-order valence-corrected chi connectivity index (χ2v) is 11.3. The molecule has 206 valence electrons. The Morgan fingerprint density at radius 1 is 1.35 bits per heavy atom. The molecule has 3 heterocycles. The molecule has 4 rings (SSSR count). The molecule has 2 aliphatic rings. The molecule has 1 unspecified atom stereocenters. The molecule has 4 atom stereocenters. The maximum Gasteiger partial charge on any atom is 0.510 e. The van der Waals surface area contributed by atoms with Gasteiger partial charge in [0.25, 0.3) is 0 Å². The molecule has 3 N–H and O–H groups in total. The quantitative estimate of drug-likeness (QED) is 0.157. The number of hydrogen-bond acceptors (Lipinski definition) is 12. The lowest BCUT2D eigenvalue weighted by Crippen LogP contribution is -2.26. The van der Waals surface area contributed by atoms with Crippen molar-refractivity contribution in [3.8, 4) is 0 Å². The molecular formula is C21H31ClN5O9P. The number of aliphatic hydroxyl groups is 1. The van der Waals surface area contributed by atoms with E-state index in [0.717, 1.165) is 25.7 Å². The number of nitrogens with zero attached hydrogens (tertiary/aromatic N) is 4. The minimum absolute atomic E-state index is 0.0633. The predicted octanol–water partition coefficient (Wildman–Crippen LogP) is 3.18. The number of aliphatic hydroxyl groups excluding tert-OH is 1. The Morgan fingerprint density at radius 3 is 2.84 bits per heavy atom. The van der Waals surface area contributed by atoms with Crippen molar-refractivity contribution in [2.24, 2.45) is 0 Å². The number of halogens is 1. The third-order valence-corrected chi connectivity index (χ3v) is 7.09. The summed E-state index contributed by atoms with van der Waals surface area (Å²) < 4.78 is 38.7. The Labute approximate surface area is 218 Å². The van der Waals surface area contributed by atoms with E-state index in [0.29, 0.717) is 22.9 Å². The van der Waals surface area contributed by atoms with Gasteiger partial charge in [0.15, 0.2) is 11.9 Å². The van der Waals surface area contributed by atoms with Gasteiger partial charge in [0.2, 0.25) is 12.1 Å². The van der Waals surface area contributed by atoms with Gasteiger partial charge in [-0.05, 0) is 38.3 Å². The summed E-state index contributed by atoms with van der Waals surface area (Å²) >= 11 is 6.18. The number of nitrogens with one attached hydrogen (secondary N) is 1. The first-order valence-corrected chi connectivity index (χ1v) is 14.1.